The summed E-state index contributed by atoms with van der Waals surface area (Å²) in [5.74, 6) is 2.23. The zero-order valence-electron chi connectivity index (χ0n) is 19.5. The molecule has 0 bridgehead atoms. The van der Waals surface area contributed by atoms with Crippen molar-refractivity contribution in [1.82, 2.24) is 15.0 Å². The molecule has 1 amide bonds. The van der Waals surface area contributed by atoms with E-state index >= 15 is 0 Å². The third kappa shape index (κ3) is 5.72. The molecule has 1 fully saturated rings. The van der Waals surface area contributed by atoms with Crippen molar-refractivity contribution in [3.8, 4) is 11.5 Å². The first-order valence-electron chi connectivity index (χ1n) is 11.1. The zero-order chi connectivity index (χ0) is 23.4. The van der Waals surface area contributed by atoms with Crippen molar-refractivity contribution < 1.29 is 18.8 Å². The fourth-order valence-electron chi connectivity index (χ4n) is 4.05. The molecule has 3 heterocycles. The number of hydrogen-bond donors (Lipinski definition) is 1. The van der Waals surface area contributed by atoms with Gasteiger partial charge in [-0.25, -0.2) is 4.98 Å². The van der Waals surface area contributed by atoms with Crippen LogP contribution in [-0.4, -0.2) is 41.1 Å². The van der Waals surface area contributed by atoms with Crippen LogP contribution in [0.4, 0.5) is 5.13 Å². The second kappa shape index (κ2) is 10.4. The van der Waals surface area contributed by atoms with Gasteiger partial charge in [0.15, 0.2) is 16.6 Å². The Morgan fingerprint density at radius 1 is 1.33 bits per heavy atom. The highest BCUT2D eigenvalue weighted by Crippen LogP contribution is 2.30. The minimum Gasteiger partial charge on any atom is -0.493 e. The van der Waals surface area contributed by atoms with Crippen molar-refractivity contribution in [3.63, 3.8) is 0 Å². The predicted molar refractivity (Wildman–Crippen MR) is 127 cm³/mol. The van der Waals surface area contributed by atoms with Gasteiger partial charge in [0.05, 0.1) is 24.1 Å². The predicted octanol–water partition coefficient (Wildman–Crippen LogP) is 4.82. The smallest absolute Gasteiger partial charge is 0.257 e. The Bertz CT molecular complexity index is 1090. The maximum atomic E-state index is 12.8. The Hall–Kier alpha value is -2.91. The van der Waals surface area contributed by atoms with Gasteiger partial charge in [0.2, 0.25) is 0 Å². The molecule has 0 saturated carbocycles. The number of methoxy groups -OCH3 is 1. The largest absolute Gasteiger partial charge is 0.493 e. The summed E-state index contributed by atoms with van der Waals surface area (Å²) in [6.45, 7) is 9.34. The van der Waals surface area contributed by atoms with Gasteiger partial charge in [-0.2, -0.15) is 0 Å². The summed E-state index contributed by atoms with van der Waals surface area (Å²) in [4.78, 5) is 19.8. The van der Waals surface area contributed by atoms with Crippen molar-refractivity contribution in [2.24, 2.45) is 5.92 Å². The number of carbonyl (C=O) groups is 1. The number of ether oxygens (including phenoxy) is 2. The Balaban J connectivity index is 1.37. The lowest BCUT2D eigenvalue weighted by Crippen LogP contribution is -2.33. The van der Waals surface area contributed by atoms with E-state index in [0.29, 0.717) is 28.8 Å². The summed E-state index contributed by atoms with van der Waals surface area (Å²) >= 11 is 1.44. The topological polar surface area (TPSA) is 89.7 Å². The number of nitrogens with one attached hydrogen (secondary N) is 1. The van der Waals surface area contributed by atoms with Crippen LogP contribution in [0.1, 0.15) is 52.8 Å². The van der Waals surface area contributed by atoms with Crippen LogP contribution in [0, 0.1) is 19.8 Å². The Morgan fingerprint density at radius 2 is 2.18 bits per heavy atom. The van der Waals surface area contributed by atoms with Crippen molar-refractivity contribution in [2.75, 3.05) is 25.5 Å². The Labute approximate surface area is 197 Å². The summed E-state index contributed by atoms with van der Waals surface area (Å²) in [7, 11) is 1.55. The van der Waals surface area contributed by atoms with E-state index in [2.05, 4.69) is 27.3 Å². The van der Waals surface area contributed by atoms with Gasteiger partial charge in [-0.15, -0.1) is 11.3 Å². The molecule has 1 aliphatic heterocycles. The van der Waals surface area contributed by atoms with Gasteiger partial charge in [-0.1, -0.05) is 12.1 Å². The molecule has 0 unspecified atom stereocenters. The molecule has 1 aliphatic rings. The minimum absolute atomic E-state index is 0.238. The van der Waals surface area contributed by atoms with Crippen LogP contribution in [0.25, 0.3) is 0 Å². The summed E-state index contributed by atoms with van der Waals surface area (Å²) in [6, 6.07) is 5.11. The summed E-state index contributed by atoms with van der Waals surface area (Å²) < 4.78 is 16.5. The standard InChI is InChI=1S/C24H30N4O4S/c1-15-6-5-9-28(11-15)12-19-14-33-24(25-19)26-23(29)18-7-8-21(22(10-18)30-4)31-13-20-16(2)27-32-17(20)3/h7-8,10,14-15H,5-6,9,11-13H2,1-4H3,(H,25,26,29)/t15-/m0/s1. The summed E-state index contributed by atoms with van der Waals surface area (Å²) in [6.07, 6.45) is 2.52. The molecule has 176 valence electrons. The van der Waals surface area contributed by atoms with E-state index < -0.39 is 0 Å². The Kier molecular flexibility index (Phi) is 7.29. The number of thiazole rings is 1. The van der Waals surface area contributed by atoms with Crippen molar-refractivity contribution >= 4 is 22.4 Å². The minimum atomic E-state index is -0.238. The number of carbonyl (C=O) groups excluding carboxylic acids is 1. The number of aromatic nitrogens is 2. The third-order valence-corrected chi connectivity index (χ3v) is 6.68. The third-order valence-electron chi connectivity index (χ3n) is 5.88. The molecule has 9 heteroatoms. The first-order valence-corrected chi connectivity index (χ1v) is 12.0. The molecule has 0 aliphatic carbocycles. The number of aryl methyl sites for hydroxylation is 2. The highest BCUT2D eigenvalue weighted by atomic mass is 32.1. The van der Waals surface area contributed by atoms with Gasteiger partial charge in [0, 0.05) is 24.0 Å². The van der Waals surface area contributed by atoms with Gasteiger partial charge >= 0.3 is 0 Å². The molecule has 1 atom stereocenters. The molecule has 8 nitrogen and oxygen atoms in total. The van der Waals surface area contributed by atoms with Gasteiger partial charge in [0.1, 0.15) is 12.4 Å². The molecule has 4 rings (SSSR count). The molecule has 0 spiro atoms. The van der Waals surface area contributed by atoms with Crippen molar-refractivity contribution in [3.05, 3.63) is 51.9 Å². The van der Waals surface area contributed by atoms with Crippen molar-refractivity contribution in [1.29, 1.82) is 0 Å². The molecule has 3 aromatic rings. The quantitative estimate of drug-likeness (QED) is 0.505. The van der Waals surface area contributed by atoms with Crippen LogP contribution in [0.15, 0.2) is 28.1 Å². The van der Waals surface area contributed by atoms with E-state index in [4.69, 9.17) is 14.0 Å². The highest BCUT2D eigenvalue weighted by molar-refractivity contribution is 7.14. The number of hydrogen-bond acceptors (Lipinski definition) is 8. The fraction of sp³-hybridized carbons (Fsp3) is 0.458. The zero-order valence-corrected chi connectivity index (χ0v) is 20.3. The van der Waals surface area contributed by atoms with Crippen LogP contribution in [0.5, 0.6) is 11.5 Å². The summed E-state index contributed by atoms with van der Waals surface area (Å²) in [5, 5.41) is 9.45. The molecule has 2 aromatic heterocycles. The monoisotopic (exact) mass is 470 g/mol. The maximum Gasteiger partial charge on any atom is 0.257 e. The van der Waals surface area contributed by atoms with Gasteiger partial charge in [-0.05, 0) is 57.4 Å². The van der Waals surface area contributed by atoms with E-state index in [-0.39, 0.29) is 5.91 Å². The average molecular weight is 471 g/mol. The van der Waals surface area contributed by atoms with Gasteiger partial charge < -0.3 is 14.0 Å². The van der Waals surface area contributed by atoms with Crippen LogP contribution >= 0.6 is 11.3 Å². The van der Waals surface area contributed by atoms with E-state index in [1.807, 2.05) is 19.2 Å². The van der Waals surface area contributed by atoms with E-state index in [0.717, 1.165) is 48.3 Å². The second-order valence-corrected chi connectivity index (χ2v) is 9.40. The lowest BCUT2D eigenvalue weighted by atomic mass is 10.0. The number of anilines is 1. The number of amides is 1. The second-order valence-electron chi connectivity index (χ2n) is 8.54. The molecule has 33 heavy (non-hydrogen) atoms. The van der Waals surface area contributed by atoms with Crippen molar-refractivity contribution in [2.45, 2.75) is 46.8 Å². The van der Waals surface area contributed by atoms with Crippen LogP contribution in [0.2, 0.25) is 0 Å². The normalized spacial score (nSPS) is 16.5. The van der Waals surface area contributed by atoms with Crippen LogP contribution < -0.4 is 14.8 Å². The molecule has 1 N–H and O–H groups in total. The average Bonchev–Trinajstić information content (AvgIpc) is 3.37. The number of likely N-dealkylation sites (tertiary alicyclic amines) is 1. The number of nitrogens with zero attached hydrogens (tertiary/aromatic N) is 3. The molecule has 0 radical (unpaired) electrons. The van der Waals surface area contributed by atoms with Crippen LogP contribution in [0.3, 0.4) is 0 Å². The number of rotatable bonds is 8. The highest BCUT2D eigenvalue weighted by Gasteiger charge is 2.18. The Morgan fingerprint density at radius 3 is 2.91 bits per heavy atom. The maximum absolute atomic E-state index is 12.8. The summed E-state index contributed by atoms with van der Waals surface area (Å²) in [5.41, 5.74) is 3.15. The fourth-order valence-corrected chi connectivity index (χ4v) is 4.75. The molecular formula is C24H30N4O4S. The lowest BCUT2D eigenvalue weighted by molar-refractivity contribution is 0.102. The van der Waals surface area contributed by atoms with Gasteiger partial charge in [-0.3, -0.25) is 15.0 Å². The van der Waals surface area contributed by atoms with E-state index in [1.165, 1.54) is 24.2 Å². The SMILES string of the molecule is COc1cc(C(=O)Nc2nc(CN3CCC[C@H](C)C3)cs2)ccc1OCc1c(C)noc1C. The molecule has 1 aromatic carbocycles. The lowest BCUT2D eigenvalue weighted by Gasteiger charge is -2.30. The first kappa shape index (κ1) is 23.3. The van der Waals surface area contributed by atoms with Gasteiger partial charge in [0.25, 0.3) is 5.91 Å². The number of benzene rings is 1. The van der Waals surface area contributed by atoms with E-state index in [9.17, 15) is 4.79 Å². The van der Waals surface area contributed by atoms with Crippen LogP contribution in [-0.2, 0) is 13.2 Å². The molecule has 1 saturated heterocycles. The first-order chi connectivity index (χ1) is 15.9. The molecular weight excluding hydrogens is 440 g/mol. The van der Waals surface area contributed by atoms with E-state index in [1.54, 1.807) is 25.3 Å². The number of piperidine rings is 1.